The van der Waals surface area contributed by atoms with E-state index in [9.17, 15) is 4.79 Å². The minimum absolute atomic E-state index is 0. The average Bonchev–Trinajstić information content (AvgIpc) is 2.78. The minimum Gasteiger partial charge on any atom is -0.368 e. The molecule has 1 aliphatic rings. The first-order valence-corrected chi connectivity index (χ1v) is 6.93. The predicted molar refractivity (Wildman–Crippen MR) is 84.1 cm³/mol. The number of hydrogen-bond acceptors (Lipinski definition) is 3. The highest BCUT2D eigenvalue weighted by atomic mass is 79.9. The van der Waals surface area contributed by atoms with E-state index in [1.807, 2.05) is 18.2 Å². The summed E-state index contributed by atoms with van der Waals surface area (Å²) >= 11 is 3.56. The van der Waals surface area contributed by atoms with Gasteiger partial charge in [-0.2, -0.15) is 0 Å². The molecule has 1 atom stereocenters. The number of rotatable bonds is 4. The second kappa shape index (κ2) is 7.72. The molecular formula is C13H19BrClN3O. The van der Waals surface area contributed by atoms with Crippen LogP contribution in [0.25, 0.3) is 0 Å². The van der Waals surface area contributed by atoms with Crippen molar-refractivity contribution in [1.82, 2.24) is 10.6 Å². The van der Waals surface area contributed by atoms with Crippen molar-refractivity contribution in [3.8, 4) is 0 Å². The highest BCUT2D eigenvalue weighted by Gasteiger charge is 2.24. The number of para-hydroxylation sites is 1. The molecule has 1 saturated heterocycles. The van der Waals surface area contributed by atoms with Gasteiger partial charge in [-0.25, -0.2) is 0 Å². The second-order valence-corrected chi connectivity index (χ2v) is 5.34. The minimum atomic E-state index is 0. The summed E-state index contributed by atoms with van der Waals surface area (Å²) in [4.78, 5) is 13.8. The molecule has 0 radical (unpaired) electrons. The quantitative estimate of drug-likeness (QED) is 0.872. The Kier molecular flexibility index (Phi) is 6.62. The van der Waals surface area contributed by atoms with E-state index in [4.69, 9.17) is 0 Å². The molecule has 1 fully saturated rings. The molecule has 19 heavy (non-hydrogen) atoms. The monoisotopic (exact) mass is 347 g/mol. The number of benzene rings is 1. The van der Waals surface area contributed by atoms with Gasteiger partial charge in [0.05, 0.1) is 12.2 Å². The number of nitrogens with zero attached hydrogens (tertiary/aromatic N) is 1. The normalized spacial score (nSPS) is 18.0. The number of amides is 1. The van der Waals surface area contributed by atoms with Crippen LogP contribution in [0.5, 0.6) is 0 Å². The molecular weight excluding hydrogens is 330 g/mol. The van der Waals surface area contributed by atoms with Crippen LogP contribution in [-0.2, 0) is 4.79 Å². The van der Waals surface area contributed by atoms with E-state index in [-0.39, 0.29) is 24.4 Å². The Labute approximate surface area is 128 Å². The Balaban J connectivity index is 0.00000180. The molecule has 1 amide bonds. The Bertz CT molecular complexity index is 430. The van der Waals surface area contributed by atoms with Crippen molar-refractivity contribution in [2.24, 2.45) is 0 Å². The highest BCUT2D eigenvalue weighted by molar-refractivity contribution is 9.10. The highest BCUT2D eigenvalue weighted by Crippen LogP contribution is 2.28. The van der Waals surface area contributed by atoms with Crippen LogP contribution in [0.4, 0.5) is 5.69 Å². The zero-order valence-corrected chi connectivity index (χ0v) is 13.3. The Morgan fingerprint density at radius 2 is 2.21 bits per heavy atom. The van der Waals surface area contributed by atoms with Gasteiger partial charge in [-0.3, -0.25) is 4.79 Å². The zero-order chi connectivity index (χ0) is 13.0. The fraction of sp³-hybridized carbons (Fsp3) is 0.462. The Hall–Kier alpha value is -0.780. The molecule has 4 nitrogen and oxygen atoms in total. The summed E-state index contributed by atoms with van der Waals surface area (Å²) in [6.45, 7) is 2.23. The summed E-state index contributed by atoms with van der Waals surface area (Å²) < 4.78 is 1.10. The summed E-state index contributed by atoms with van der Waals surface area (Å²) in [5.74, 6) is 0.0662. The van der Waals surface area contributed by atoms with Crippen LogP contribution in [-0.4, -0.2) is 38.6 Å². The second-order valence-electron chi connectivity index (χ2n) is 4.48. The van der Waals surface area contributed by atoms with Gasteiger partial charge >= 0.3 is 0 Å². The molecule has 1 heterocycles. The third-order valence-electron chi connectivity index (χ3n) is 3.08. The van der Waals surface area contributed by atoms with Crippen LogP contribution in [0.1, 0.15) is 6.42 Å². The molecule has 0 aliphatic carbocycles. The molecule has 106 valence electrons. The number of halogens is 2. The van der Waals surface area contributed by atoms with Crippen LogP contribution in [0, 0.1) is 0 Å². The fourth-order valence-electron chi connectivity index (χ4n) is 2.24. The van der Waals surface area contributed by atoms with Crippen LogP contribution >= 0.6 is 28.3 Å². The van der Waals surface area contributed by atoms with Crippen molar-refractivity contribution in [3.05, 3.63) is 28.7 Å². The van der Waals surface area contributed by atoms with Gasteiger partial charge in [0, 0.05) is 23.6 Å². The first kappa shape index (κ1) is 16.3. The van der Waals surface area contributed by atoms with E-state index in [1.54, 1.807) is 7.05 Å². The van der Waals surface area contributed by atoms with Gasteiger partial charge in [0.1, 0.15) is 0 Å². The molecule has 0 bridgehead atoms. The molecule has 1 aromatic carbocycles. The third kappa shape index (κ3) is 4.37. The average molecular weight is 349 g/mol. The summed E-state index contributed by atoms with van der Waals surface area (Å²) in [5.41, 5.74) is 1.20. The number of likely N-dealkylation sites (N-methyl/N-ethyl adjacent to an activating group) is 1. The van der Waals surface area contributed by atoms with Gasteiger partial charge in [0.25, 0.3) is 0 Å². The van der Waals surface area contributed by atoms with E-state index >= 15 is 0 Å². The van der Waals surface area contributed by atoms with Crippen LogP contribution in [0.3, 0.4) is 0 Å². The van der Waals surface area contributed by atoms with E-state index in [1.165, 1.54) is 5.69 Å². The molecule has 1 unspecified atom stereocenters. The summed E-state index contributed by atoms with van der Waals surface area (Å²) in [5, 5.41) is 5.90. The van der Waals surface area contributed by atoms with E-state index in [0.29, 0.717) is 6.54 Å². The fourth-order valence-corrected chi connectivity index (χ4v) is 2.78. The van der Waals surface area contributed by atoms with Gasteiger partial charge < -0.3 is 15.5 Å². The number of hydrogen-bond donors (Lipinski definition) is 2. The van der Waals surface area contributed by atoms with Crippen molar-refractivity contribution in [1.29, 1.82) is 0 Å². The molecule has 0 aromatic heterocycles. The number of anilines is 1. The molecule has 1 aromatic rings. The van der Waals surface area contributed by atoms with Gasteiger partial charge in [0.15, 0.2) is 0 Å². The van der Waals surface area contributed by atoms with Crippen molar-refractivity contribution >= 4 is 39.9 Å². The maximum atomic E-state index is 11.5. The summed E-state index contributed by atoms with van der Waals surface area (Å²) in [6, 6.07) is 8.44. The summed E-state index contributed by atoms with van der Waals surface area (Å²) in [7, 11) is 1.78. The first-order chi connectivity index (χ1) is 8.70. The van der Waals surface area contributed by atoms with Crippen LogP contribution in [0.2, 0.25) is 0 Å². The molecule has 0 spiro atoms. The number of carbonyl (C=O) groups is 1. The standard InChI is InChI=1S/C13H18BrN3O.ClH/c1-15-8-13(18)16-10-6-7-17(9-10)12-5-3-2-4-11(12)14;/h2-5,10,15H,6-9H2,1H3,(H,16,18);1H. The first-order valence-electron chi connectivity index (χ1n) is 6.14. The molecule has 2 N–H and O–H groups in total. The van der Waals surface area contributed by atoms with Gasteiger partial charge in [-0.15, -0.1) is 12.4 Å². The topological polar surface area (TPSA) is 44.4 Å². The molecule has 1 aliphatic heterocycles. The lowest BCUT2D eigenvalue weighted by Crippen LogP contribution is -2.41. The van der Waals surface area contributed by atoms with Crippen LogP contribution < -0.4 is 15.5 Å². The van der Waals surface area contributed by atoms with Crippen molar-refractivity contribution in [2.75, 3.05) is 31.6 Å². The van der Waals surface area contributed by atoms with Crippen molar-refractivity contribution in [3.63, 3.8) is 0 Å². The van der Waals surface area contributed by atoms with E-state index < -0.39 is 0 Å². The largest absolute Gasteiger partial charge is 0.368 e. The summed E-state index contributed by atoms with van der Waals surface area (Å²) in [6.07, 6.45) is 0.997. The lowest BCUT2D eigenvalue weighted by atomic mass is 10.2. The van der Waals surface area contributed by atoms with Gasteiger partial charge in [0.2, 0.25) is 5.91 Å². The smallest absolute Gasteiger partial charge is 0.234 e. The lowest BCUT2D eigenvalue weighted by Gasteiger charge is -2.20. The Morgan fingerprint density at radius 3 is 2.89 bits per heavy atom. The van der Waals surface area contributed by atoms with Gasteiger partial charge in [-0.05, 0) is 41.5 Å². The van der Waals surface area contributed by atoms with Crippen molar-refractivity contribution < 1.29 is 4.79 Å². The van der Waals surface area contributed by atoms with Crippen LogP contribution in [0.15, 0.2) is 28.7 Å². The SMILES string of the molecule is CNCC(=O)NC1CCN(c2ccccc2Br)C1.Cl. The number of carbonyl (C=O) groups excluding carboxylic acids is 1. The van der Waals surface area contributed by atoms with E-state index in [2.05, 4.69) is 37.5 Å². The lowest BCUT2D eigenvalue weighted by molar-refractivity contribution is -0.120. The van der Waals surface area contributed by atoms with Crippen molar-refractivity contribution in [2.45, 2.75) is 12.5 Å². The third-order valence-corrected chi connectivity index (χ3v) is 3.75. The van der Waals surface area contributed by atoms with Gasteiger partial charge in [-0.1, -0.05) is 12.1 Å². The maximum absolute atomic E-state index is 11.5. The Morgan fingerprint density at radius 1 is 1.47 bits per heavy atom. The molecule has 2 rings (SSSR count). The zero-order valence-electron chi connectivity index (χ0n) is 10.9. The molecule has 0 saturated carbocycles. The predicted octanol–water partition coefficient (Wildman–Crippen LogP) is 1.79. The molecule has 6 heteroatoms. The van der Waals surface area contributed by atoms with E-state index in [0.717, 1.165) is 24.0 Å². The number of nitrogens with one attached hydrogen (secondary N) is 2. The maximum Gasteiger partial charge on any atom is 0.234 e.